The highest BCUT2D eigenvalue weighted by Crippen LogP contribution is 2.30. The summed E-state index contributed by atoms with van der Waals surface area (Å²) >= 11 is 1.47. The number of hydrogen-bond acceptors (Lipinski definition) is 5. The van der Waals surface area contributed by atoms with Crippen LogP contribution in [0.4, 0.5) is 0 Å². The van der Waals surface area contributed by atoms with Gasteiger partial charge in [-0.25, -0.2) is 4.79 Å². The van der Waals surface area contributed by atoms with E-state index in [1.807, 2.05) is 6.07 Å². The van der Waals surface area contributed by atoms with Gasteiger partial charge < -0.3 is 9.72 Å². The van der Waals surface area contributed by atoms with Crippen LogP contribution in [0.25, 0.3) is 0 Å². The van der Waals surface area contributed by atoms with Crippen molar-refractivity contribution in [3.8, 4) is 0 Å². The van der Waals surface area contributed by atoms with Gasteiger partial charge in [0.1, 0.15) is 4.88 Å². The first kappa shape index (κ1) is 18.6. The van der Waals surface area contributed by atoms with E-state index < -0.39 is 12.1 Å². The highest BCUT2D eigenvalue weighted by molar-refractivity contribution is 7.14. The first-order chi connectivity index (χ1) is 12.3. The van der Waals surface area contributed by atoms with E-state index in [1.54, 1.807) is 20.8 Å². The van der Waals surface area contributed by atoms with Gasteiger partial charge in [0.05, 0.1) is 5.69 Å². The summed E-state index contributed by atoms with van der Waals surface area (Å²) in [5.74, 6) is -0.880. The number of aromatic amines is 1. The molecule has 6 heteroatoms. The molecule has 2 aromatic heterocycles. The highest BCUT2D eigenvalue weighted by atomic mass is 32.1. The Bertz CT molecular complexity index is 867. The molecule has 1 aliphatic carbocycles. The normalized spacial score (nSPS) is 14.6. The zero-order valence-electron chi connectivity index (χ0n) is 15.5. The maximum absolute atomic E-state index is 12.7. The SMILES string of the molecule is CC(=O)c1c(C)[nH]c(C(=O)C(C)OC(=O)c2cc3c(s2)CCCC3)c1C. The molecule has 0 bridgehead atoms. The first-order valence-corrected chi connectivity index (χ1v) is 9.68. The Balaban J connectivity index is 1.75. The van der Waals surface area contributed by atoms with Gasteiger partial charge in [-0.1, -0.05) is 0 Å². The maximum atomic E-state index is 12.7. The fourth-order valence-corrected chi connectivity index (χ4v) is 4.73. The molecule has 2 aromatic rings. The van der Waals surface area contributed by atoms with Crippen molar-refractivity contribution in [3.05, 3.63) is 43.9 Å². The number of nitrogens with one attached hydrogen (secondary N) is 1. The Morgan fingerprint density at radius 1 is 1.19 bits per heavy atom. The molecule has 0 saturated carbocycles. The second kappa shape index (κ2) is 7.19. The van der Waals surface area contributed by atoms with Gasteiger partial charge in [0, 0.05) is 16.1 Å². The Morgan fingerprint density at radius 2 is 1.88 bits per heavy atom. The lowest BCUT2D eigenvalue weighted by molar-refractivity contribution is 0.0321. The molecule has 0 aliphatic heterocycles. The molecular formula is C20H23NO4S. The standard InChI is InChI=1S/C20H23NO4S/c1-10-17(12(3)22)11(2)21-18(10)19(23)13(4)25-20(24)16-9-14-7-5-6-8-15(14)26-16/h9,13,21H,5-8H2,1-4H3. The van der Waals surface area contributed by atoms with Crippen molar-refractivity contribution >= 4 is 28.9 Å². The number of hydrogen-bond donors (Lipinski definition) is 1. The van der Waals surface area contributed by atoms with Gasteiger partial charge in [-0.3, -0.25) is 9.59 Å². The molecule has 3 rings (SSSR count). The van der Waals surface area contributed by atoms with E-state index >= 15 is 0 Å². The summed E-state index contributed by atoms with van der Waals surface area (Å²) in [6, 6.07) is 1.90. The van der Waals surface area contributed by atoms with Gasteiger partial charge in [0.25, 0.3) is 0 Å². The predicted octanol–water partition coefficient (Wildman–Crippen LogP) is 4.20. The zero-order chi connectivity index (χ0) is 19.0. The molecule has 26 heavy (non-hydrogen) atoms. The molecule has 138 valence electrons. The fraction of sp³-hybridized carbons (Fsp3) is 0.450. The Hall–Kier alpha value is -2.21. The van der Waals surface area contributed by atoms with Crippen LogP contribution in [-0.4, -0.2) is 28.6 Å². The number of Topliss-reactive ketones (excluding diaryl/α,β-unsaturated/α-hetero) is 2. The van der Waals surface area contributed by atoms with E-state index in [4.69, 9.17) is 4.74 Å². The summed E-state index contributed by atoms with van der Waals surface area (Å²) in [5.41, 5.74) is 3.35. The Labute approximate surface area is 156 Å². The van der Waals surface area contributed by atoms with Crippen LogP contribution in [0, 0.1) is 13.8 Å². The minimum atomic E-state index is -0.918. The number of esters is 1. The molecule has 0 amide bonds. The molecule has 0 fully saturated rings. The molecule has 1 N–H and O–H groups in total. The zero-order valence-corrected chi connectivity index (χ0v) is 16.3. The number of carbonyl (C=O) groups is 3. The minimum absolute atomic E-state index is 0.0934. The van der Waals surface area contributed by atoms with E-state index in [0.29, 0.717) is 27.4 Å². The quantitative estimate of drug-likeness (QED) is 0.629. The summed E-state index contributed by atoms with van der Waals surface area (Å²) in [7, 11) is 0. The van der Waals surface area contributed by atoms with Crippen LogP contribution in [0.3, 0.4) is 0 Å². The Morgan fingerprint density at radius 3 is 2.50 bits per heavy atom. The van der Waals surface area contributed by atoms with Crippen LogP contribution in [0.5, 0.6) is 0 Å². The van der Waals surface area contributed by atoms with Crippen molar-refractivity contribution in [3.63, 3.8) is 0 Å². The smallest absolute Gasteiger partial charge is 0.349 e. The van der Waals surface area contributed by atoms with Crippen molar-refractivity contribution in [2.24, 2.45) is 0 Å². The molecule has 2 heterocycles. The van der Waals surface area contributed by atoms with Gasteiger partial charge >= 0.3 is 5.97 Å². The molecule has 1 aliphatic rings. The van der Waals surface area contributed by atoms with Crippen LogP contribution in [0.1, 0.15) is 78.9 Å². The topological polar surface area (TPSA) is 76.2 Å². The average Bonchev–Trinajstić information content (AvgIpc) is 3.14. The van der Waals surface area contributed by atoms with Crippen molar-refractivity contribution in [2.75, 3.05) is 0 Å². The molecule has 1 unspecified atom stereocenters. The third-order valence-electron chi connectivity index (χ3n) is 4.89. The lowest BCUT2D eigenvalue weighted by atomic mass is 9.99. The molecular weight excluding hydrogens is 350 g/mol. The van der Waals surface area contributed by atoms with E-state index in [-0.39, 0.29) is 11.6 Å². The number of carbonyl (C=O) groups excluding carboxylic acids is 3. The fourth-order valence-electron chi connectivity index (χ4n) is 3.59. The summed E-state index contributed by atoms with van der Waals surface area (Å²) in [6.07, 6.45) is 3.40. The van der Waals surface area contributed by atoms with Gasteiger partial charge in [0.2, 0.25) is 5.78 Å². The number of aryl methyl sites for hydroxylation is 3. The van der Waals surface area contributed by atoms with Gasteiger partial charge in [-0.05, 0) is 70.6 Å². The number of H-pyrrole nitrogens is 1. The molecule has 0 saturated heterocycles. The summed E-state index contributed by atoms with van der Waals surface area (Å²) < 4.78 is 5.41. The van der Waals surface area contributed by atoms with Gasteiger partial charge in [0.15, 0.2) is 11.9 Å². The van der Waals surface area contributed by atoms with Crippen molar-refractivity contribution in [1.29, 1.82) is 0 Å². The van der Waals surface area contributed by atoms with Crippen molar-refractivity contribution in [2.45, 2.75) is 59.5 Å². The molecule has 5 nitrogen and oxygen atoms in total. The van der Waals surface area contributed by atoms with E-state index in [9.17, 15) is 14.4 Å². The average molecular weight is 373 g/mol. The Kier molecular flexibility index (Phi) is 5.14. The molecule has 0 aromatic carbocycles. The van der Waals surface area contributed by atoms with E-state index in [2.05, 4.69) is 4.98 Å². The minimum Gasteiger partial charge on any atom is -0.450 e. The number of aromatic nitrogens is 1. The number of ether oxygens (including phenoxy) is 1. The number of fused-ring (bicyclic) bond motifs is 1. The predicted molar refractivity (Wildman–Crippen MR) is 100 cm³/mol. The number of thiophene rings is 1. The van der Waals surface area contributed by atoms with Crippen LogP contribution in [0.2, 0.25) is 0 Å². The second-order valence-corrected chi connectivity index (χ2v) is 8.00. The van der Waals surface area contributed by atoms with Gasteiger partial charge in [-0.2, -0.15) is 0 Å². The summed E-state index contributed by atoms with van der Waals surface area (Å²) in [6.45, 7) is 6.53. The van der Waals surface area contributed by atoms with Gasteiger partial charge in [-0.15, -0.1) is 11.3 Å². The molecule has 0 radical (unpaired) electrons. The van der Waals surface area contributed by atoms with Crippen LogP contribution < -0.4 is 0 Å². The maximum Gasteiger partial charge on any atom is 0.349 e. The molecule has 0 spiro atoms. The van der Waals surface area contributed by atoms with Crippen LogP contribution >= 0.6 is 11.3 Å². The van der Waals surface area contributed by atoms with Crippen molar-refractivity contribution < 1.29 is 19.1 Å². The lowest BCUT2D eigenvalue weighted by Crippen LogP contribution is -2.25. The second-order valence-electron chi connectivity index (χ2n) is 6.86. The lowest BCUT2D eigenvalue weighted by Gasteiger charge is -2.11. The van der Waals surface area contributed by atoms with E-state index in [0.717, 1.165) is 25.7 Å². The van der Waals surface area contributed by atoms with Crippen LogP contribution in [-0.2, 0) is 17.6 Å². The van der Waals surface area contributed by atoms with Crippen LogP contribution in [0.15, 0.2) is 6.07 Å². The third-order valence-corrected chi connectivity index (χ3v) is 6.10. The summed E-state index contributed by atoms with van der Waals surface area (Å²) in [4.78, 5) is 41.7. The largest absolute Gasteiger partial charge is 0.450 e. The molecule has 1 atom stereocenters. The number of ketones is 2. The third kappa shape index (κ3) is 3.38. The number of rotatable bonds is 5. The summed E-state index contributed by atoms with van der Waals surface area (Å²) in [5, 5.41) is 0. The van der Waals surface area contributed by atoms with E-state index in [1.165, 1.54) is 28.7 Å². The monoisotopic (exact) mass is 373 g/mol. The van der Waals surface area contributed by atoms with Crippen molar-refractivity contribution in [1.82, 2.24) is 4.98 Å². The highest BCUT2D eigenvalue weighted by Gasteiger charge is 2.27. The first-order valence-electron chi connectivity index (χ1n) is 8.86.